The maximum Gasteiger partial charge on any atom is 0.326 e. The molecular formula is C27H33N3O7S2. The number of ether oxygens (including phenoxy) is 3. The Morgan fingerprint density at radius 3 is 2.38 bits per heavy atom. The van der Waals surface area contributed by atoms with Gasteiger partial charge in [0.2, 0.25) is 10.0 Å². The third kappa shape index (κ3) is 6.02. The third-order valence-electron chi connectivity index (χ3n) is 6.73. The van der Waals surface area contributed by atoms with Crippen LogP contribution >= 0.6 is 11.3 Å². The number of benzene rings is 2. The first-order chi connectivity index (χ1) is 18.7. The maximum absolute atomic E-state index is 13.3. The minimum atomic E-state index is -3.67. The number of fused-ring (bicyclic) bond motifs is 1. The molecule has 0 spiro atoms. The average molecular weight is 576 g/mol. The van der Waals surface area contributed by atoms with Crippen LogP contribution in [0, 0.1) is 0 Å². The van der Waals surface area contributed by atoms with Crippen LogP contribution in [-0.2, 0) is 26.1 Å². The molecule has 210 valence electrons. The highest BCUT2D eigenvalue weighted by Crippen LogP contribution is 2.33. The normalized spacial score (nSPS) is 16.8. The lowest BCUT2D eigenvalue weighted by atomic mass is 10.0. The molecule has 39 heavy (non-hydrogen) atoms. The second-order valence-corrected chi connectivity index (χ2v) is 12.0. The van der Waals surface area contributed by atoms with Crippen molar-refractivity contribution in [3.63, 3.8) is 0 Å². The lowest BCUT2D eigenvalue weighted by molar-refractivity contribution is -0.143. The van der Waals surface area contributed by atoms with Crippen molar-refractivity contribution in [3.8, 4) is 11.5 Å². The van der Waals surface area contributed by atoms with Crippen LogP contribution in [0.4, 0.5) is 0 Å². The monoisotopic (exact) mass is 575 g/mol. The summed E-state index contributed by atoms with van der Waals surface area (Å²) in [5, 5.41) is 0. The zero-order valence-corrected chi connectivity index (χ0v) is 24.1. The average Bonchev–Trinajstić information content (AvgIpc) is 3.27. The summed E-state index contributed by atoms with van der Waals surface area (Å²) < 4.78 is 46.4. The van der Waals surface area contributed by atoms with Gasteiger partial charge in [0.05, 0.1) is 35.9 Å². The van der Waals surface area contributed by atoms with Crippen molar-refractivity contribution in [3.05, 3.63) is 46.8 Å². The highest BCUT2D eigenvalue weighted by molar-refractivity contribution is 7.89. The molecule has 10 nitrogen and oxygen atoms in total. The third-order valence-corrected chi connectivity index (χ3v) is 9.74. The molecule has 2 heterocycles. The van der Waals surface area contributed by atoms with Gasteiger partial charge in [0.1, 0.15) is 6.54 Å². The van der Waals surface area contributed by atoms with E-state index in [4.69, 9.17) is 14.2 Å². The van der Waals surface area contributed by atoms with Crippen LogP contribution in [0.2, 0.25) is 0 Å². The van der Waals surface area contributed by atoms with E-state index in [1.807, 2.05) is 6.92 Å². The quantitative estimate of drug-likeness (QED) is 0.355. The fourth-order valence-electron chi connectivity index (χ4n) is 4.73. The molecule has 3 aromatic rings. The Balaban J connectivity index is 1.70. The predicted molar refractivity (Wildman–Crippen MR) is 148 cm³/mol. The Hall–Kier alpha value is -3.22. The number of hydrogen-bond acceptors (Lipinski definition) is 8. The number of carbonyl (C=O) groups excluding carboxylic acids is 2. The summed E-state index contributed by atoms with van der Waals surface area (Å²) in [6.45, 7) is 4.28. The van der Waals surface area contributed by atoms with Gasteiger partial charge in [0.25, 0.3) is 5.91 Å². The summed E-state index contributed by atoms with van der Waals surface area (Å²) >= 11 is 1.21. The van der Waals surface area contributed by atoms with Crippen molar-refractivity contribution in [2.45, 2.75) is 57.0 Å². The number of nitrogens with zero attached hydrogens (tertiary/aromatic N) is 3. The fraction of sp³-hybridized carbons (Fsp3) is 0.444. The number of thiazole rings is 1. The van der Waals surface area contributed by atoms with Crippen molar-refractivity contribution in [2.24, 2.45) is 4.99 Å². The van der Waals surface area contributed by atoms with Crippen molar-refractivity contribution in [1.29, 1.82) is 0 Å². The molecule has 2 aromatic carbocycles. The van der Waals surface area contributed by atoms with Gasteiger partial charge in [-0.3, -0.25) is 9.59 Å². The van der Waals surface area contributed by atoms with Gasteiger partial charge in [-0.1, -0.05) is 24.7 Å². The Bertz CT molecular complexity index is 1530. The minimum Gasteiger partial charge on any atom is -0.493 e. The number of carbonyl (C=O) groups is 2. The summed E-state index contributed by atoms with van der Waals surface area (Å²) in [4.78, 5) is 30.3. The topological polar surface area (TPSA) is 117 Å². The Morgan fingerprint density at radius 2 is 1.74 bits per heavy atom. The molecule has 0 N–H and O–H groups in total. The first-order valence-electron chi connectivity index (χ1n) is 12.8. The standard InChI is InChI=1S/C27H33N3O7S2/c1-5-19-9-7-8-14-30(19)39(33,34)20-12-10-18(11-13-20)26(32)28-27-29(17-25(31)37-6-2)21-15-22(35-3)23(36-4)16-24(21)38-27/h10-13,15-16,19H,5-9,14,17H2,1-4H3. The van der Waals surface area contributed by atoms with E-state index >= 15 is 0 Å². The molecule has 1 saturated heterocycles. The van der Waals surface area contributed by atoms with Crippen molar-refractivity contribution >= 4 is 43.5 Å². The lowest BCUT2D eigenvalue weighted by Crippen LogP contribution is -2.43. The van der Waals surface area contributed by atoms with E-state index in [1.165, 1.54) is 49.8 Å². The first-order valence-corrected chi connectivity index (χ1v) is 15.1. The van der Waals surface area contributed by atoms with Gasteiger partial charge in [-0.15, -0.1) is 0 Å². The predicted octanol–water partition coefficient (Wildman–Crippen LogP) is 3.98. The second-order valence-electron chi connectivity index (χ2n) is 9.07. The zero-order valence-electron chi connectivity index (χ0n) is 22.5. The number of hydrogen-bond donors (Lipinski definition) is 0. The maximum atomic E-state index is 13.3. The molecule has 1 amide bonds. The van der Waals surface area contributed by atoms with Crippen LogP contribution in [0.25, 0.3) is 10.2 Å². The van der Waals surface area contributed by atoms with Crippen LogP contribution in [0.15, 0.2) is 46.3 Å². The van der Waals surface area contributed by atoms with E-state index < -0.39 is 21.9 Å². The summed E-state index contributed by atoms with van der Waals surface area (Å²) in [5.41, 5.74) is 0.862. The summed E-state index contributed by atoms with van der Waals surface area (Å²) in [6.07, 6.45) is 3.47. The van der Waals surface area contributed by atoms with Crippen LogP contribution in [0.1, 0.15) is 49.9 Å². The van der Waals surface area contributed by atoms with E-state index in [9.17, 15) is 18.0 Å². The largest absolute Gasteiger partial charge is 0.493 e. The van der Waals surface area contributed by atoms with Gasteiger partial charge in [0, 0.05) is 30.3 Å². The van der Waals surface area contributed by atoms with Gasteiger partial charge in [-0.2, -0.15) is 9.30 Å². The van der Waals surface area contributed by atoms with Crippen LogP contribution < -0.4 is 14.3 Å². The van der Waals surface area contributed by atoms with Gasteiger partial charge in [0.15, 0.2) is 16.3 Å². The van der Waals surface area contributed by atoms with Crippen LogP contribution in [0.5, 0.6) is 11.5 Å². The minimum absolute atomic E-state index is 0.0138. The Labute approximate surface area is 231 Å². The second kappa shape index (κ2) is 12.3. The first kappa shape index (κ1) is 28.8. The molecule has 0 aliphatic carbocycles. The van der Waals surface area contributed by atoms with Gasteiger partial charge in [-0.05, 0) is 50.5 Å². The molecule has 1 unspecified atom stereocenters. The summed E-state index contributed by atoms with van der Waals surface area (Å²) in [7, 11) is -0.631. The fourth-order valence-corrected chi connectivity index (χ4v) is 7.53. The van der Waals surface area contributed by atoms with Crippen molar-refractivity contribution in [2.75, 3.05) is 27.4 Å². The molecule has 0 saturated carbocycles. The van der Waals surface area contributed by atoms with Crippen LogP contribution in [-0.4, -0.2) is 62.6 Å². The van der Waals surface area contributed by atoms with Crippen molar-refractivity contribution in [1.82, 2.24) is 8.87 Å². The number of amides is 1. The Morgan fingerprint density at radius 1 is 1.05 bits per heavy atom. The molecule has 1 aliphatic heterocycles. The van der Waals surface area contributed by atoms with Crippen molar-refractivity contribution < 1.29 is 32.2 Å². The van der Waals surface area contributed by atoms with E-state index in [1.54, 1.807) is 27.9 Å². The zero-order chi connectivity index (χ0) is 28.2. The Kier molecular flexibility index (Phi) is 9.08. The lowest BCUT2D eigenvalue weighted by Gasteiger charge is -2.34. The number of esters is 1. The van der Waals surface area contributed by atoms with Gasteiger partial charge < -0.3 is 18.8 Å². The highest BCUT2D eigenvalue weighted by Gasteiger charge is 2.32. The van der Waals surface area contributed by atoms with Gasteiger partial charge >= 0.3 is 5.97 Å². The molecule has 1 fully saturated rings. The highest BCUT2D eigenvalue weighted by atomic mass is 32.2. The number of rotatable bonds is 9. The molecule has 1 aliphatic rings. The van der Waals surface area contributed by atoms with E-state index in [-0.39, 0.29) is 34.5 Å². The molecular weight excluding hydrogens is 542 g/mol. The van der Waals surface area contributed by atoms with Crippen LogP contribution in [0.3, 0.4) is 0 Å². The molecule has 12 heteroatoms. The molecule has 0 radical (unpaired) electrons. The number of piperidine rings is 1. The SMILES string of the molecule is CCOC(=O)Cn1c(=NC(=O)c2ccc(S(=O)(=O)N3CCCCC3CC)cc2)sc2cc(OC)c(OC)cc21. The van der Waals surface area contributed by atoms with Gasteiger partial charge in [-0.25, -0.2) is 8.42 Å². The molecule has 1 aromatic heterocycles. The van der Waals surface area contributed by atoms with E-state index in [0.29, 0.717) is 23.6 Å². The van der Waals surface area contributed by atoms with E-state index in [2.05, 4.69) is 4.99 Å². The molecule has 1 atom stereocenters. The smallest absolute Gasteiger partial charge is 0.326 e. The summed E-state index contributed by atoms with van der Waals surface area (Å²) in [5.74, 6) is -0.0673. The summed E-state index contributed by atoms with van der Waals surface area (Å²) in [6, 6.07) is 9.31. The number of methoxy groups -OCH3 is 2. The molecule has 0 bridgehead atoms. The van der Waals surface area contributed by atoms with E-state index in [0.717, 1.165) is 30.4 Å². The molecule has 4 rings (SSSR count). The number of sulfonamides is 1. The number of aromatic nitrogens is 1.